The van der Waals surface area contributed by atoms with Gasteiger partial charge in [0, 0.05) is 30.9 Å². The molecule has 2 aromatic rings. The van der Waals surface area contributed by atoms with Crippen molar-refractivity contribution in [2.24, 2.45) is 0 Å². The predicted octanol–water partition coefficient (Wildman–Crippen LogP) is 1.94. The molecule has 7 heteroatoms. The Kier molecular flexibility index (Phi) is 6.88. The zero-order chi connectivity index (χ0) is 17.2. The van der Waals surface area contributed by atoms with Crippen LogP contribution in [0.3, 0.4) is 0 Å². The largest absolute Gasteiger partial charge is 0.382 e. The van der Waals surface area contributed by atoms with Crippen LogP contribution in [0.15, 0.2) is 48.8 Å². The van der Waals surface area contributed by atoms with E-state index in [0.717, 1.165) is 0 Å². The van der Waals surface area contributed by atoms with Crippen LogP contribution in [0, 0.1) is 0 Å². The number of carbonyl (C=O) groups is 2. The van der Waals surface area contributed by atoms with Crippen molar-refractivity contribution in [3.05, 3.63) is 54.4 Å². The summed E-state index contributed by atoms with van der Waals surface area (Å²) in [6, 6.07) is 10.2. The number of hydrogen-bond donors (Lipinski definition) is 2. The van der Waals surface area contributed by atoms with Crippen molar-refractivity contribution in [3.63, 3.8) is 0 Å². The van der Waals surface area contributed by atoms with Crippen molar-refractivity contribution in [3.8, 4) is 0 Å². The van der Waals surface area contributed by atoms with E-state index in [9.17, 15) is 9.59 Å². The van der Waals surface area contributed by atoms with E-state index >= 15 is 0 Å². The molecule has 0 saturated carbocycles. The third-order valence-electron chi connectivity index (χ3n) is 3.02. The molecule has 24 heavy (non-hydrogen) atoms. The topological polar surface area (TPSA) is 89.5 Å². The van der Waals surface area contributed by atoms with Gasteiger partial charge in [-0.25, -0.2) is 0 Å². The van der Waals surface area contributed by atoms with Crippen molar-refractivity contribution >= 4 is 23.2 Å². The standard InChI is InChI=1S/C17H19N3O4/c1-23-9-10-24-12-16(21)19-14-4-6-15(7-5-14)20-17(22)13-3-2-8-18-11-13/h2-8,11H,9-10,12H2,1H3,(H,19,21)(H,20,22). The Morgan fingerprint density at radius 2 is 1.75 bits per heavy atom. The number of rotatable bonds is 8. The van der Waals surface area contributed by atoms with Crippen LogP contribution in [-0.2, 0) is 14.3 Å². The molecule has 0 fully saturated rings. The number of methoxy groups -OCH3 is 1. The average Bonchev–Trinajstić information content (AvgIpc) is 2.61. The third kappa shape index (κ3) is 5.79. The van der Waals surface area contributed by atoms with Gasteiger partial charge in [-0.15, -0.1) is 0 Å². The minimum atomic E-state index is -0.252. The van der Waals surface area contributed by atoms with Gasteiger partial charge in [-0.3, -0.25) is 14.6 Å². The highest BCUT2D eigenvalue weighted by molar-refractivity contribution is 6.04. The smallest absolute Gasteiger partial charge is 0.257 e. The lowest BCUT2D eigenvalue weighted by molar-refractivity contribution is -0.121. The molecule has 1 aromatic heterocycles. The Labute approximate surface area is 140 Å². The van der Waals surface area contributed by atoms with Gasteiger partial charge < -0.3 is 20.1 Å². The summed E-state index contributed by atoms with van der Waals surface area (Å²) in [6.45, 7) is 0.769. The van der Waals surface area contributed by atoms with Crippen LogP contribution >= 0.6 is 0 Å². The maximum absolute atomic E-state index is 12.0. The molecule has 0 unspecified atom stereocenters. The van der Waals surface area contributed by atoms with Gasteiger partial charge >= 0.3 is 0 Å². The van der Waals surface area contributed by atoms with Crippen LogP contribution in [0.4, 0.5) is 11.4 Å². The van der Waals surface area contributed by atoms with Gasteiger partial charge in [-0.05, 0) is 36.4 Å². The number of nitrogens with zero attached hydrogens (tertiary/aromatic N) is 1. The zero-order valence-electron chi connectivity index (χ0n) is 13.3. The molecular formula is C17H19N3O4. The van der Waals surface area contributed by atoms with E-state index in [4.69, 9.17) is 9.47 Å². The Bertz CT molecular complexity index is 659. The van der Waals surface area contributed by atoms with Crippen molar-refractivity contribution in [2.45, 2.75) is 0 Å². The van der Waals surface area contributed by atoms with Gasteiger partial charge in [0.15, 0.2) is 0 Å². The molecule has 0 radical (unpaired) electrons. The molecule has 0 aliphatic carbocycles. The number of aromatic nitrogens is 1. The molecule has 7 nitrogen and oxygen atoms in total. The van der Waals surface area contributed by atoms with E-state index in [1.165, 1.54) is 6.20 Å². The minimum Gasteiger partial charge on any atom is -0.382 e. The van der Waals surface area contributed by atoms with Crippen LogP contribution in [0.5, 0.6) is 0 Å². The first-order chi connectivity index (χ1) is 11.7. The molecule has 0 bridgehead atoms. The molecule has 2 rings (SSSR count). The Morgan fingerprint density at radius 1 is 1.04 bits per heavy atom. The summed E-state index contributed by atoms with van der Waals surface area (Å²) in [5.41, 5.74) is 1.72. The normalized spacial score (nSPS) is 10.2. The summed E-state index contributed by atoms with van der Waals surface area (Å²) in [6.07, 6.45) is 3.10. The van der Waals surface area contributed by atoms with Gasteiger partial charge in [-0.2, -0.15) is 0 Å². The summed E-state index contributed by atoms with van der Waals surface area (Å²) in [5.74, 6) is -0.496. The molecule has 0 aliphatic heterocycles. The van der Waals surface area contributed by atoms with Crippen LogP contribution < -0.4 is 10.6 Å². The Hall–Kier alpha value is -2.77. The lowest BCUT2D eigenvalue weighted by atomic mass is 10.2. The first-order valence-corrected chi connectivity index (χ1v) is 7.37. The molecule has 126 valence electrons. The third-order valence-corrected chi connectivity index (χ3v) is 3.02. The zero-order valence-corrected chi connectivity index (χ0v) is 13.3. The number of amides is 2. The second-order valence-corrected chi connectivity index (χ2v) is 4.87. The lowest BCUT2D eigenvalue weighted by Gasteiger charge is -2.08. The maximum atomic E-state index is 12.0. The number of benzene rings is 1. The molecule has 1 aromatic carbocycles. The fraction of sp³-hybridized carbons (Fsp3) is 0.235. The molecule has 0 aliphatic rings. The maximum Gasteiger partial charge on any atom is 0.257 e. The van der Waals surface area contributed by atoms with Gasteiger partial charge in [-0.1, -0.05) is 0 Å². The fourth-order valence-corrected chi connectivity index (χ4v) is 1.84. The molecule has 2 N–H and O–H groups in total. The van der Waals surface area contributed by atoms with Crippen LogP contribution in [0.1, 0.15) is 10.4 Å². The first kappa shape index (κ1) is 17.6. The summed E-state index contributed by atoms with van der Waals surface area (Å²) >= 11 is 0. The highest BCUT2D eigenvalue weighted by atomic mass is 16.5. The average molecular weight is 329 g/mol. The number of carbonyl (C=O) groups excluding carboxylic acids is 2. The highest BCUT2D eigenvalue weighted by Gasteiger charge is 2.06. The van der Waals surface area contributed by atoms with Crippen molar-refractivity contribution < 1.29 is 19.1 Å². The summed E-state index contributed by atoms with van der Waals surface area (Å²) in [4.78, 5) is 27.6. The van der Waals surface area contributed by atoms with Crippen LogP contribution in [-0.4, -0.2) is 43.7 Å². The van der Waals surface area contributed by atoms with Crippen molar-refractivity contribution in [1.29, 1.82) is 0 Å². The Morgan fingerprint density at radius 3 is 2.38 bits per heavy atom. The quantitative estimate of drug-likeness (QED) is 0.722. The van der Waals surface area contributed by atoms with Gasteiger partial charge in [0.1, 0.15) is 6.61 Å². The minimum absolute atomic E-state index is 0.0388. The number of anilines is 2. The predicted molar refractivity (Wildman–Crippen MR) is 90.0 cm³/mol. The second kappa shape index (κ2) is 9.39. The Balaban J connectivity index is 1.82. The summed E-state index contributed by atoms with van der Waals surface area (Å²) in [7, 11) is 1.57. The van der Waals surface area contributed by atoms with E-state index in [-0.39, 0.29) is 18.4 Å². The number of hydrogen-bond acceptors (Lipinski definition) is 5. The van der Waals surface area contributed by atoms with Gasteiger partial charge in [0.05, 0.1) is 18.8 Å². The van der Waals surface area contributed by atoms with Gasteiger partial charge in [0.2, 0.25) is 5.91 Å². The molecule has 0 spiro atoms. The molecular weight excluding hydrogens is 310 g/mol. The highest BCUT2D eigenvalue weighted by Crippen LogP contribution is 2.14. The van der Waals surface area contributed by atoms with Crippen LogP contribution in [0.2, 0.25) is 0 Å². The van der Waals surface area contributed by atoms with E-state index in [2.05, 4.69) is 15.6 Å². The number of ether oxygens (including phenoxy) is 2. The lowest BCUT2D eigenvalue weighted by Crippen LogP contribution is -2.19. The molecule has 0 atom stereocenters. The fourth-order valence-electron chi connectivity index (χ4n) is 1.84. The van der Waals surface area contributed by atoms with Crippen LogP contribution in [0.25, 0.3) is 0 Å². The number of nitrogens with one attached hydrogen (secondary N) is 2. The van der Waals surface area contributed by atoms with Gasteiger partial charge in [0.25, 0.3) is 5.91 Å². The SMILES string of the molecule is COCCOCC(=O)Nc1ccc(NC(=O)c2cccnc2)cc1. The van der Waals surface area contributed by atoms with E-state index < -0.39 is 0 Å². The van der Waals surface area contributed by atoms with E-state index in [1.807, 2.05) is 0 Å². The summed E-state index contributed by atoms with van der Waals surface area (Å²) in [5, 5.41) is 5.46. The van der Waals surface area contributed by atoms with E-state index in [1.54, 1.807) is 49.7 Å². The molecule has 2 amide bonds. The first-order valence-electron chi connectivity index (χ1n) is 7.37. The summed E-state index contributed by atoms with van der Waals surface area (Å²) < 4.78 is 9.96. The monoisotopic (exact) mass is 329 g/mol. The second-order valence-electron chi connectivity index (χ2n) is 4.87. The van der Waals surface area contributed by atoms with E-state index in [0.29, 0.717) is 30.2 Å². The van der Waals surface area contributed by atoms with Crippen molar-refractivity contribution in [2.75, 3.05) is 37.6 Å². The molecule has 0 saturated heterocycles. The number of pyridine rings is 1. The van der Waals surface area contributed by atoms with Crippen molar-refractivity contribution in [1.82, 2.24) is 4.98 Å². The molecule has 1 heterocycles.